The average molecular weight is 485 g/mol. The third kappa shape index (κ3) is 9.21. The Kier molecular flexibility index (Phi) is 10.6. The molecule has 0 aliphatic carbocycles. The van der Waals surface area contributed by atoms with Gasteiger partial charge in [0.2, 0.25) is 23.6 Å². The molecule has 0 fully saturated rings. The summed E-state index contributed by atoms with van der Waals surface area (Å²) in [7, 11) is 0. The van der Waals surface area contributed by atoms with Crippen LogP contribution in [0.5, 0.6) is 0 Å². The molecule has 0 spiro atoms. The summed E-state index contributed by atoms with van der Waals surface area (Å²) in [5.74, 6) is -7.17. The van der Waals surface area contributed by atoms with Crippen LogP contribution >= 0.6 is 0 Å². The molecule has 4 amide bonds. The van der Waals surface area contributed by atoms with Gasteiger partial charge in [-0.2, -0.15) is 0 Å². The van der Waals surface area contributed by atoms with Gasteiger partial charge in [0.1, 0.15) is 24.2 Å². The van der Waals surface area contributed by atoms with Crippen molar-refractivity contribution in [3.05, 3.63) is 18.2 Å². The van der Waals surface area contributed by atoms with Gasteiger partial charge in [0.15, 0.2) is 0 Å². The fourth-order valence-electron chi connectivity index (χ4n) is 2.64. The molecule has 1 heterocycles. The van der Waals surface area contributed by atoms with Gasteiger partial charge in [0.25, 0.3) is 0 Å². The van der Waals surface area contributed by atoms with E-state index in [0.29, 0.717) is 5.69 Å². The van der Waals surface area contributed by atoms with Crippen LogP contribution in [0.2, 0.25) is 0 Å². The molecular formula is C18H27N7O9. The second-order valence-corrected chi connectivity index (χ2v) is 7.34. The first-order chi connectivity index (χ1) is 15.8. The molecule has 0 aromatic carbocycles. The largest absolute Gasteiger partial charge is 0.481 e. The highest BCUT2D eigenvalue weighted by Gasteiger charge is 2.32. The number of aliphatic hydroxyl groups is 1. The van der Waals surface area contributed by atoms with Gasteiger partial charge < -0.3 is 47.7 Å². The van der Waals surface area contributed by atoms with Crippen molar-refractivity contribution in [1.82, 2.24) is 25.9 Å². The second kappa shape index (κ2) is 12.9. The van der Waals surface area contributed by atoms with Crippen molar-refractivity contribution in [1.29, 1.82) is 0 Å². The Morgan fingerprint density at radius 1 is 0.971 bits per heavy atom. The third-order valence-corrected chi connectivity index (χ3v) is 4.47. The lowest BCUT2D eigenvalue weighted by Gasteiger charge is -2.24. The van der Waals surface area contributed by atoms with Crippen molar-refractivity contribution in [2.45, 2.75) is 56.5 Å². The number of carboxylic acid groups (broad SMARTS) is 2. The number of rotatable bonds is 14. The number of nitrogens with two attached hydrogens (primary N) is 2. The molecular weight excluding hydrogens is 458 g/mol. The van der Waals surface area contributed by atoms with Crippen LogP contribution in [0, 0.1) is 0 Å². The Labute approximate surface area is 192 Å². The van der Waals surface area contributed by atoms with E-state index in [-0.39, 0.29) is 6.42 Å². The van der Waals surface area contributed by atoms with E-state index in [1.54, 1.807) is 0 Å². The SMILES string of the molecule is CC(O)C(N)C(=O)NC(CC(=O)O)C(=O)NC(Cc1cnc[nH]1)C(=O)NC(CC(N)=O)C(=O)O. The Morgan fingerprint density at radius 2 is 1.53 bits per heavy atom. The molecule has 1 aromatic heterocycles. The number of aromatic amines is 1. The van der Waals surface area contributed by atoms with Gasteiger partial charge in [-0.05, 0) is 6.92 Å². The number of hydrogen-bond donors (Lipinski definition) is 9. The molecule has 5 atom stereocenters. The Bertz CT molecular complexity index is 904. The first-order valence-corrected chi connectivity index (χ1v) is 9.86. The number of imidazole rings is 1. The minimum absolute atomic E-state index is 0.235. The monoisotopic (exact) mass is 485 g/mol. The molecule has 188 valence electrons. The number of aliphatic hydroxyl groups excluding tert-OH is 1. The number of aromatic nitrogens is 2. The molecule has 1 rings (SSSR count). The summed E-state index contributed by atoms with van der Waals surface area (Å²) in [5, 5.41) is 34.1. The average Bonchev–Trinajstić information content (AvgIpc) is 3.23. The molecule has 0 radical (unpaired) electrons. The van der Waals surface area contributed by atoms with Crippen molar-refractivity contribution < 1.29 is 44.1 Å². The van der Waals surface area contributed by atoms with Gasteiger partial charge in [0.05, 0.1) is 25.3 Å². The predicted molar refractivity (Wildman–Crippen MR) is 111 cm³/mol. The lowest BCUT2D eigenvalue weighted by molar-refractivity contribution is -0.144. The molecule has 1 aromatic rings. The first-order valence-electron chi connectivity index (χ1n) is 9.86. The maximum absolute atomic E-state index is 12.8. The number of carboxylic acids is 2. The quantitative estimate of drug-likeness (QED) is 0.121. The fraction of sp³-hybridized carbons (Fsp3) is 0.500. The van der Waals surface area contributed by atoms with Crippen LogP contribution in [0.4, 0.5) is 0 Å². The number of H-pyrrole nitrogens is 1. The lowest BCUT2D eigenvalue weighted by atomic mass is 10.1. The van der Waals surface area contributed by atoms with E-state index >= 15 is 0 Å². The summed E-state index contributed by atoms with van der Waals surface area (Å²) in [6.07, 6.45) is -0.539. The molecule has 5 unspecified atom stereocenters. The molecule has 34 heavy (non-hydrogen) atoms. The molecule has 0 aliphatic heterocycles. The van der Waals surface area contributed by atoms with Crippen LogP contribution in [0.15, 0.2) is 12.5 Å². The van der Waals surface area contributed by atoms with Gasteiger partial charge >= 0.3 is 11.9 Å². The topological polar surface area (TPSA) is 280 Å². The maximum atomic E-state index is 12.8. The van der Waals surface area contributed by atoms with Crippen molar-refractivity contribution in [2.24, 2.45) is 11.5 Å². The van der Waals surface area contributed by atoms with Crippen LogP contribution in [-0.4, -0.2) is 91.1 Å². The maximum Gasteiger partial charge on any atom is 0.326 e. The van der Waals surface area contributed by atoms with E-state index in [2.05, 4.69) is 25.9 Å². The minimum atomic E-state index is -1.69. The number of carbonyl (C=O) groups is 6. The standard InChI is InChI=1S/C18H27N7O9/c1-7(26)14(20)17(32)24-10(4-13(28)29)16(31)23-9(2-8-5-21-6-22-8)15(30)25-11(18(33)34)3-12(19)27/h5-7,9-11,14,26H,2-4,20H2,1H3,(H2,19,27)(H,21,22)(H,23,31)(H,24,32)(H,25,30)(H,28,29)(H,33,34). The summed E-state index contributed by atoms with van der Waals surface area (Å²) in [5.41, 5.74) is 10.8. The lowest BCUT2D eigenvalue weighted by Crippen LogP contribution is -2.59. The molecule has 0 aliphatic rings. The highest BCUT2D eigenvalue weighted by atomic mass is 16.4. The predicted octanol–water partition coefficient (Wildman–Crippen LogP) is -4.45. The van der Waals surface area contributed by atoms with Crippen LogP contribution in [0.25, 0.3) is 0 Å². The molecule has 16 nitrogen and oxygen atoms in total. The Hall–Kier alpha value is -4.05. The van der Waals surface area contributed by atoms with Gasteiger partial charge in [-0.3, -0.25) is 24.0 Å². The zero-order valence-electron chi connectivity index (χ0n) is 18.1. The van der Waals surface area contributed by atoms with Crippen molar-refractivity contribution in [3.8, 4) is 0 Å². The number of hydrogen-bond acceptors (Lipinski definition) is 9. The van der Waals surface area contributed by atoms with Crippen molar-refractivity contribution in [3.63, 3.8) is 0 Å². The zero-order chi connectivity index (χ0) is 26.0. The number of amides is 4. The highest BCUT2D eigenvalue weighted by Crippen LogP contribution is 2.04. The van der Waals surface area contributed by atoms with Crippen LogP contribution < -0.4 is 27.4 Å². The van der Waals surface area contributed by atoms with E-state index in [0.717, 1.165) is 0 Å². The van der Waals surface area contributed by atoms with Gasteiger partial charge in [-0.15, -0.1) is 0 Å². The van der Waals surface area contributed by atoms with Gasteiger partial charge in [-0.25, -0.2) is 9.78 Å². The summed E-state index contributed by atoms with van der Waals surface area (Å²) in [6, 6.07) is -6.31. The summed E-state index contributed by atoms with van der Waals surface area (Å²) in [4.78, 5) is 77.7. The van der Waals surface area contributed by atoms with E-state index in [9.17, 15) is 39.0 Å². The zero-order valence-corrected chi connectivity index (χ0v) is 18.1. The van der Waals surface area contributed by atoms with Crippen molar-refractivity contribution >= 4 is 35.6 Å². The highest BCUT2D eigenvalue weighted by molar-refractivity contribution is 5.96. The van der Waals surface area contributed by atoms with E-state index in [4.69, 9.17) is 16.6 Å². The number of aliphatic carboxylic acids is 2. The molecule has 16 heteroatoms. The molecule has 0 bridgehead atoms. The molecule has 0 saturated heterocycles. The minimum Gasteiger partial charge on any atom is -0.481 e. The number of primary amides is 1. The summed E-state index contributed by atoms with van der Waals surface area (Å²) in [6.45, 7) is 1.21. The van der Waals surface area contributed by atoms with Gasteiger partial charge in [0, 0.05) is 18.3 Å². The van der Waals surface area contributed by atoms with E-state index in [1.165, 1.54) is 19.4 Å². The third-order valence-electron chi connectivity index (χ3n) is 4.47. The number of nitrogens with one attached hydrogen (secondary N) is 4. The number of nitrogens with zero attached hydrogens (tertiary/aromatic N) is 1. The normalized spacial score (nSPS) is 15.1. The number of carbonyl (C=O) groups excluding carboxylic acids is 4. The Balaban J connectivity index is 3.10. The molecule has 11 N–H and O–H groups in total. The van der Waals surface area contributed by atoms with Crippen molar-refractivity contribution in [2.75, 3.05) is 0 Å². The molecule has 0 saturated carbocycles. The first kappa shape index (κ1) is 28.0. The smallest absolute Gasteiger partial charge is 0.326 e. The summed E-state index contributed by atoms with van der Waals surface area (Å²) >= 11 is 0. The fourth-order valence-corrected chi connectivity index (χ4v) is 2.64. The second-order valence-electron chi connectivity index (χ2n) is 7.34. The Morgan fingerprint density at radius 3 is 2.00 bits per heavy atom. The van der Waals surface area contributed by atoms with Crippen LogP contribution in [0.3, 0.4) is 0 Å². The van der Waals surface area contributed by atoms with Crippen LogP contribution in [0.1, 0.15) is 25.5 Å². The van der Waals surface area contributed by atoms with Gasteiger partial charge in [-0.1, -0.05) is 0 Å². The van der Waals surface area contributed by atoms with E-state index < -0.39 is 78.7 Å². The van der Waals surface area contributed by atoms with Crippen LogP contribution in [-0.2, 0) is 35.2 Å². The summed E-state index contributed by atoms with van der Waals surface area (Å²) < 4.78 is 0. The van der Waals surface area contributed by atoms with E-state index in [1.807, 2.05) is 0 Å².